The molecule has 0 heterocycles. The standard InChI is InChI=1S/C13H22/c1-7-8-9-10-12(4)13(5,6)11(2)3/h7-11H,4H2,1-3,5-6H3/b8-7-,10-9-. The van der Waals surface area contributed by atoms with Gasteiger partial charge in [-0.1, -0.05) is 58.6 Å². The first-order chi connectivity index (χ1) is 5.92. The molecule has 0 spiro atoms. The van der Waals surface area contributed by atoms with Gasteiger partial charge in [-0.15, -0.1) is 0 Å². The smallest absolute Gasteiger partial charge is 0.00864 e. The second-order valence-corrected chi connectivity index (χ2v) is 4.29. The minimum Gasteiger partial charge on any atom is -0.0953 e. The van der Waals surface area contributed by atoms with Crippen molar-refractivity contribution in [1.82, 2.24) is 0 Å². The maximum absolute atomic E-state index is 4.10. The predicted octanol–water partition coefficient (Wildman–Crippen LogP) is 4.36. The summed E-state index contributed by atoms with van der Waals surface area (Å²) in [6, 6.07) is 0. The molecule has 0 aliphatic carbocycles. The summed E-state index contributed by atoms with van der Waals surface area (Å²) in [6.45, 7) is 15.0. The topological polar surface area (TPSA) is 0 Å². The Kier molecular flexibility index (Phi) is 4.76. The van der Waals surface area contributed by atoms with Gasteiger partial charge in [-0.2, -0.15) is 0 Å². The Labute approximate surface area is 83.0 Å². The Morgan fingerprint density at radius 2 is 1.77 bits per heavy atom. The third kappa shape index (κ3) is 3.63. The van der Waals surface area contributed by atoms with E-state index in [0.717, 1.165) is 0 Å². The first kappa shape index (κ1) is 12.2. The molecule has 0 rings (SSSR count). The van der Waals surface area contributed by atoms with Crippen molar-refractivity contribution in [3.8, 4) is 0 Å². The van der Waals surface area contributed by atoms with Crippen molar-refractivity contribution in [2.45, 2.75) is 34.6 Å². The van der Waals surface area contributed by atoms with Crippen molar-refractivity contribution in [2.24, 2.45) is 11.3 Å². The molecule has 0 N–H and O–H groups in total. The van der Waals surface area contributed by atoms with E-state index in [9.17, 15) is 0 Å². The van der Waals surface area contributed by atoms with Crippen LogP contribution in [-0.4, -0.2) is 0 Å². The lowest BCUT2D eigenvalue weighted by Gasteiger charge is -2.30. The molecule has 0 aromatic heterocycles. The fourth-order valence-corrected chi connectivity index (χ4v) is 0.868. The molecule has 0 amide bonds. The molecule has 13 heavy (non-hydrogen) atoms. The third-order valence-electron chi connectivity index (χ3n) is 2.87. The number of rotatable bonds is 4. The van der Waals surface area contributed by atoms with E-state index in [-0.39, 0.29) is 5.41 Å². The van der Waals surface area contributed by atoms with Crippen LogP contribution in [0.15, 0.2) is 36.5 Å². The summed E-state index contributed by atoms with van der Waals surface area (Å²) in [4.78, 5) is 0. The second-order valence-electron chi connectivity index (χ2n) is 4.29. The van der Waals surface area contributed by atoms with Crippen molar-refractivity contribution < 1.29 is 0 Å². The molecule has 0 fully saturated rings. The number of allylic oxidation sites excluding steroid dienone is 5. The Morgan fingerprint density at radius 3 is 2.15 bits per heavy atom. The summed E-state index contributed by atoms with van der Waals surface area (Å²) in [5, 5.41) is 0. The Bertz CT molecular complexity index is 214. The number of hydrogen-bond acceptors (Lipinski definition) is 0. The van der Waals surface area contributed by atoms with Gasteiger partial charge in [-0.05, 0) is 23.8 Å². The van der Waals surface area contributed by atoms with Crippen LogP contribution in [0.5, 0.6) is 0 Å². The Morgan fingerprint density at radius 1 is 1.23 bits per heavy atom. The molecule has 0 saturated heterocycles. The van der Waals surface area contributed by atoms with Gasteiger partial charge in [0, 0.05) is 0 Å². The molecule has 0 aromatic rings. The summed E-state index contributed by atoms with van der Waals surface area (Å²) < 4.78 is 0. The van der Waals surface area contributed by atoms with Crippen LogP contribution in [0.4, 0.5) is 0 Å². The molecule has 0 unspecified atom stereocenters. The SMILES string of the molecule is C=C(/C=C\C=C/C)C(C)(C)C(C)C. The molecule has 0 heteroatoms. The van der Waals surface area contributed by atoms with E-state index in [0.29, 0.717) is 5.92 Å². The maximum atomic E-state index is 4.10. The minimum absolute atomic E-state index is 0.193. The van der Waals surface area contributed by atoms with E-state index in [1.54, 1.807) is 0 Å². The van der Waals surface area contributed by atoms with Crippen LogP contribution in [-0.2, 0) is 0 Å². The maximum Gasteiger partial charge on any atom is -0.00864 e. The summed E-state index contributed by atoms with van der Waals surface area (Å²) >= 11 is 0. The average molecular weight is 178 g/mol. The predicted molar refractivity (Wildman–Crippen MR) is 61.7 cm³/mol. The highest BCUT2D eigenvalue weighted by atomic mass is 14.3. The van der Waals surface area contributed by atoms with Gasteiger partial charge in [0.25, 0.3) is 0 Å². The van der Waals surface area contributed by atoms with Gasteiger partial charge in [0.05, 0.1) is 0 Å². The molecule has 0 saturated carbocycles. The molecule has 0 bridgehead atoms. The van der Waals surface area contributed by atoms with E-state index in [4.69, 9.17) is 0 Å². The summed E-state index contributed by atoms with van der Waals surface area (Å²) in [5.41, 5.74) is 1.39. The van der Waals surface area contributed by atoms with E-state index >= 15 is 0 Å². The first-order valence-corrected chi connectivity index (χ1v) is 4.91. The summed E-state index contributed by atoms with van der Waals surface area (Å²) in [7, 11) is 0. The fourth-order valence-electron chi connectivity index (χ4n) is 0.868. The molecule has 0 aliphatic heterocycles. The fraction of sp³-hybridized carbons (Fsp3) is 0.538. The molecular formula is C13H22. The summed E-state index contributed by atoms with van der Waals surface area (Å²) in [5.74, 6) is 0.621. The second kappa shape index (κ2) is 5.06. The molecule has 0 aliphatic rings. The van der Waals surface area contributed by atoms with E-state index in [1.807, 2.05) is 25.2 Å². The van der Waals surface area contributed by atoms with Crippen LogP contribution in [0.1, 0.15) is 34.6 Å². The lowest BCUT2D eigenvalue weighted by Crippen LogP contribution is -2.20. The first-order valence-electron chi connectivity index (χ1n) is 4.91. The zero-order valence-corrected chi connectivity index (χ0v) is 9.59. The zero-order valence-electron chi connectivity index (χ0n) is 9.59. The van der Waals surface area contributed by atoms with Crippen molar-refractivity contribution in [1.29, 1.82) is 0 Å². The lowest BCUT2D eigenvalue weighted by atomic mass is 9.75. The minimum atomic E-state index is 0.193. The van der Waals surface area contributed by atoms with Crippen molar-refractivity contribution in [3.05, 3.63) is 36.5 Å². The highest BCUT2D eigenvalue weighted by molar-refractivity contribution is 5.25. The highest BCUT2D eigenvalue weighted by Gasteiger charge is 2.23. The van der Waals surface area contributed by atoms with Crippen molar-refractivity contribution >= 4 is 0 Å². The third-order valence-corrected chi connectivity index (χ3v) is 2.87. The van der Waals surface area contributed by atoms with Gasteiger partial charge in [0.15, 0.2) is 0 Å². The van der Waals surface area contributed by atoms with E-state index in [1.165, 1.54) is 5.57 Å². The molecule has 0 radical (unpaired) electrons. The molecule has 0 aromatic carbocycles. The molecule has 74 valence electrons. The lowest BCUT2D eigenvalue weighted by molar-refractivity contribution is 0.318. The normalized spacial score (nSPS) is 13.4. The van der Waals surface area contributed by atoms with Gasteiger partial charge >= 0.3 is 0 Å². The Hall–Kier alpha value is -0.780. The zero-order chi connectivity index (χ0) is 10.5. The van der Waals surface area contributed by atoms with Crippen LogP contribution in [0.2, 0.25) is 0 Å². The average Bonchev–Trinajstić information content (AvgIpc) is 2.04. The van der Waals surface area contributed by atoms with Gasteiger partial charge < -0.3 is 0 Å². The van der Waals surface area contributed by atoms with Gasteiger partial charge in [-0.3, -0.25) is 0 Å². The largest absolute Gasteiger partial charge is 0.0953 e. The monoisotopic (exact) mass is 178 g/mol. The van der Waals surface area contributed by atoms with Crippen LogP contribution in [0.25, 0.3) is 0 Å². The van der Waals surface area contributed by atoms with Crippen LogP contribution in [0, 0.1) is 11.3 Å². The van der Waals surface area contributed by atoms with Crippen LogP contribution in [0.3, 0.4) is 0 Å². The van der Waals surface area contributed by atoms with E-state index < -0.39 is 0 Å². The van der Waals surface area contributed by atoms with Crippen molar-refractivity contribution in [2.75, 3.05) is 0 Å². The quantitative estimate of drug-likeness (QED) is 0.561. The van der Waals surface area contributed by atoms with Crippen molar-refractivity contribution in [3.63, 3.8) is 0 Å². The molecule has 0 atom stereocenters. The Balaban J connectivity index is 4.42. The molecule has 0 nitrogen and oxygen atoms in total. The van der Waals surface area contributed by atoms with Crippen LogP contribution >= 0.6 is 0 Å². The van der Waals surface area contributed by atoms with Gasteiger partial charge in [0.2, 0.25) is 0 Å². The highest BCUT2D eigenvalue weighted by Crippen LogP contribution is 2.34. The van der Waals surface area contributed by atoms with Crippen LogP contribution < -0.4 is 0 Å². The van der Waals surface area contributed by atoms with E-state index in [2.05, 4.69) is 40.3 Å². The summed E-state index contributed by atoms with van der Waals surface area (Å²) in [6.07, 6.45) is 8.19. The van der Waals surface area contributed by atoms with Gasteiger partial charge in [0.1, 0.15) is 0 Å². The number of hydrogen-bond donors (Lipinski definition) is 0. The van der Waals surface area contributed by atoms with Gasteiger partial charge in [-0.25, -0.2) is 0 Å². The molecular weight excluding hydrogens is 156 g/mol.